The van der Waals surface area contributed by atoms with Gasteiger partial charge in [0.25, 0.3) is 0 Å². The van der Waals surface area contributed by atoms with Gasteiger partial charge < -0.3 is 10.6 Å². The highest BCUT2D eigenvalue weighted by atomic mass is 127. The lowest BCUT2D eigenvalue weighted by molar-refractivity contribution is 0.178. The lowest BCUT2D eigenvalue weighted by Gasteiger charge is -2.30. The van der Waals surface area contributed by atoms with Crippen molar-refractivity contribution < 1.29 is 8.42 Å². The zero-order valence-electron chi connectivity index (χ0n) is 15.2. The van der Waals surface area contributed by atoms with Crippen LogP contribution < -0.4 is 15.4 Å². The van der Waals surface area contributed by atoms with Crippen molar-refractivity contribution in [1.82, 2.24) is 20.3 Å². The largest absolute Gasteiger partial charge is 0.356 e. The van der Waals surface area contributed by atoms with Gasteiger partial charge in [-0.25, -0.2) is 13.1 Å². The van der Waals surface area contributed by atoms with Crippen molar-refractivity contribution in [3.63, 3.8) is 0 Å². The van der Waals surface area contributed by atoms with Crippen LogP contribution in [0, 0.1) is 0 Å². The predicted octanol–water partition coefficient (Wildman–Crippen LogP) is 0.828. The van der Waals surface area contributed by atoms with E-state index in [2.05, 4.69) is 52.9 Å². The Bertz CT molecular complexity index is 419. The Balaban J connectivity index is 0. The number of sulfonamides is 1. The minimum Gasteiger partial charge on any atom is -0.356 e. The Morgan fingerprint density at radius 1 is 1.04 bits per heavy atom. The maximum absolute atomic E-state index is 10.9. The molecule has 0 spiro atoms. The number of halogens is 1. The van der Waals surface area contributed by atoms with Gasteiger partial charge in [-0.05, 0) is 34.1 Å². The number of guanidine groups is 1. The summed E-state index contributed by atoms with van der Waals surface area (Å²) in [5.74, 6) is 0.742. The monoisotopic (exact) mass is 463 g/mol. The Hall–Kier alpha value is -0.130. The zero-order chi connectivity index (χ0) is 17.2. The molecule has 0 aliphatic heterocycles. The Morgan fingerprint density at radius 2 is 1.57 bits per heavy atom. The number of hydrogen-bond donors (Lipinski definition) is 3. The van der Waals surface area contributed by atoms with Crippen molar-refractivity contribution in [3.05, 3.63) is 0 Å². The quantitative estimate of drug-likeness (QED) is 0.193. The van der Waals surface area contributed by atoms with Gasteiger partial charge in [0.1, 0.15) is 0 Å². The summed E-state index contributed by atoms with van der Waals surface area (Å²) in [6.07, 6.45) is 1.87. The molecule has 9 heteroatoms. The van der Waals surface area contributed by atoms with E-state index in [1.807, 2.05) is 0 Å². The highest BCUT2D eigenvalue weighted by Crippen LogP contribution is 2.03. The first-order chi connectivity index (χ1) is 10.2. The van der Waals surface area contributed by atoms with Crippen LogP contribution in [0.1, 0.15) is 34.1 Å². The fourth-order valence-corrected chi connectivity index (χ4v) is 2.70. The number of nitrogens with zero attached hydrogens (tertiary/aromatic N) is 2. The van der Waals surface area contributed by atoms with Crippen LogP contribution in [0.2, 0.25) is 0 Å². The summed E-state index contributed by atoms with van der Waals surface area (Å²) < 4.78 is 24.3. The third-order valence-corrected chi connectivity index (χ3v) is 3.95. The molecule has 3 N–H and O–H groups in total. The number of hydrogen-bond acceptors (Lipinski definition) is 4. The van der Waals surface area contributed by atoms with Gasteiger partial charge in [-0.3, -0.25) is 9.89 Å². The molecule has 0 heterocycles. The summed E-state index contributed by atoms with van der Waals surface area (Å²) in [7, 11) is -1.37. The third-order valence-electron chi connectivity index (χ3n) is 3.22. The first-order valence-electron chi connectivity index (χ1n) is 7.82. The lowest BCUT2D eigenvalue weighted by atomic mass is 10.2. The number of nitrogens with one attached hydrogen (secondary N) is 3. The molecular formula is C14H34IN5O2S. The van der Waals surface area contributed by atoms with Crippen molar-refractivity contribution in [1.29, 1.82) is 0 Å². The van der Waals surface area contributed by atoms with E-state index in [9.17, 15) is 8.42 Å². The Labute approximate surface area is 159 Å². The second-order valence-electron chi connectivity index (χ2n) is 5.87. The molecule has 0 aromatic rings. The van der Waals surface area contributed by atoms with E-state index in [0.717, 1.165) is 25.3 Å². The summed E-state index contributed by atoms with van der Waals surface area (Å²) in [6, 6.07) is 1.03. The van der Waals surface area contributed by atoms with Crippen LogP contribution in [0.25, 0.3) is 0 Å². The van der Waals surface area contributed by atoms with Crippen LogP contribution in [0.3, 0.4) is 0 Å². The first kappa shape index (κ1) is 25.1. The van der Waals surface area contributed by atoms with Gasteiger partial charge in [-0.2, -0.15) is 0 Å². The van der Waals surface area contributed by atoms with Crippen LogP contribution in [0.4, 0.5) is 0 Å². The molecule has 0 rings (SSSR count). The molecule has 0 radical (unpaired) electrons. The lowest BCUT2D eigenvalue weighted by Crippen LogP contribution is -2.45. The molecule has 0 amide bonds. The molecule has 0 saturated carbocycles. The summed E-state index contributed by atoms with van der Waals surface area (Å²) in [6.45, 7) is 11.6. The Kier molecular flexibility index (Phi) is 14.4. The predicted molar refractivity (Wildman–Crippen MR) is 109 cm³/mol. The number of rotatable bonds is 10. The molecule has 0 atom stereocenters. The minimum absolute atomic E-state index is 0. The third kappa shape index (κ3) is 14.0. The molecule has 0 aliphatic rings. The summed E-state index contributed by atoms with van der Waals surface area (Å²) in [4.78, 5) is 6.57. The van der Waals surface area contributed by atoms with E-state index in [-0.39, 0.29) is 24.0 Å². The first-order valence-corrected chi connectivity index (χ1v) is 9.71. The topological polar surface area (TPSA) is 85.8 Å². The molecule has 0 unspecified atom stereocenters. The smallest absolute Gasteiger partial charge is 0.208 e. The molecule has 0 aromatic carbocycles. The fraction of sp³-hybridized carbons (Fsp3) is 0.929. The van der Waals surface area contributed by atoms with E-state index in [1.54, 1.807) is 7.05 Å². The standard InChI is InChI=1S/C14H33N5O2S.HI/c1-12(2)19(13(3)4)11-10-17-14(15-5)16-8-7-9-18-22(6,20)21;/h12-13,18H,7-11H2,1-6H3,(H2,15,16,17);1H. The molecule has 7 nitrogen and oxygen atoms in total. The number of aliphatic imine (C=N–C) groups is 1. The van der Waals surface area contributed by atoms with Crippen LogP contribution in [-0.2, 0) is 10.0 Å². The zero-order valence-corrected chi connectivity index (χ0v) is 18.4. The summed E-state index contributed by atoms with van der Waals surface area (Å²) in [5.41, 5.74) is 0. The van der Waals surface area contributed by atoms with Crippen molar-refractivity contribution in [2.45, 2.75) is 46.2 Å². The summed E-state index contributed by atoms with van der Waals surface area (Å²) in [5, 5.41) is 6.45. The fourth-order valence-electron chi connectivity index (χ4n) is 2.19. The molecular weight excluding hydrogens is 429 g/mol. The van der Waals surface area contributed by atoms with Gasteiger partial charge >= 0.3 is 0 Å². The van der Waals surface area contributed by atoms with E-state index < -0.39 is 10.0 Å². The second kappa shape index (κ2) is 13.2. The molecule has 23 heavy (non-hydrogen) atoms. The van der Waals surface area contributed by atoms with E-state index in [4.69, 9.17) is 0 Å². The van der Waals surface area contributed by atoms with Gasteiger partial charge in [-0.15, -0.1) is 24.0 Å². The summed E-state index contributed by atoms with van der Waals surface area (Å²) >= 11 is 0. The van der Waals surface area contributed by atoms with Crippen LogP contribution >= 0.6 is 24.0 Å². The van der Waals surface area contributed by atoms with Gasteiger partial charge in [0.05, 0.1) is 6.26 Å². The maximum Gasteiger partial charge on any atom is 0.208 e. The van der Waals surface area contributed by atoms with Gasteiger partial charge in [0.2, 0.25) is 10.0 Å². The van der Waals surface area contributed by atoms with Gasteiger partial charge in [0.15, 0.2) is 5.96 Å². The average molecular weight is 463 g/mol. The molecule has 140 valence electrons. The van der Waals surface area contributed by atoms with E-state index in [1.165, 1.54) is 0 Å². The van der Waals surface area contributed by atoms with Crippen molar-refractivity contribution in [2.75, 3.05) is 39.5 Å². The van der Waals surface area contributed by atoms with Crippen molar-refractivity contribution in [3.8, 4) is 0 Å². The molecule has 0 aliphatic carbocycles. The molecule has 0 aromatic heterocycles. The molecule has 0 saturated heterocycles. The highest BCUT2D eigenvalue weighted by molar-refractivity contribution is 14.0. The van der Waals surface area contributed by atoms with Crippen molar-refractivity contribution >= 4 is 40.0 Å². The normalized spacial score (nSPS) is 12.7. The molecule has 0 fully saturated rings. The Morgan fingerprint density at radius 3 is 2.00 bits per heavy atom. The highest BCUT2D eigenvalue weighted by Gasteiger charge is 2.12. The second-order valence-corrected chi connectivity index (χ2v) is 7.70. The van der Waals surface area contributed by atoms with Crippen LogP contribution in [-0.4, -0.2) is 70.8 Å². The van der Waals surface area contributed by atoms with Gasteiger partial charge in [0, 0.05) is 45.3 Å². The average Bonchev–Trinajstić information content (AvgIpc) is 2.38. The van der Waals surface area contributed by atoms with Crippen LogP contribution in [0.5, 0.6) is 0 Å². The SMILES string of the molecule is CN=C(NCCCNS(C)(=O)=O)NCCN(C(C)C)C(C)C.I. The van der Waals surface area contributed by atoms with E-state index in [0.29, 0.717) is 31.6 Å². The minimum atomic E-state index is -3.10. The van der Waals surface area contributed by atoms with Gasteiger partial charge in [-0.1, -0.05) is 0 Å². The maximum atomic E-state index is 10.9. The molecule has 0 bridgehead atoms. The van der Waals surface area contributed by atoms with Crippen LogP contribution in [0.15, 0.2) is 4.99 Å². The van der Waals surface area contributed by atoms with Crippen molar-refractivity contribution in [2.24, 2.45) is 4.99 Å². The van der Waals surface area contributed by atoms with E-state index >= 15 is 0 Å².